The number of ether oxygens (including phenoxy) is 3. The van der Waals surface area contributed by atoms with Gasteiger partial charge in [0.15, 0.2) is 12.1 Å². The first-order chi connectivity index (χ1) is 17.8. The van der Waals surface area contributed by atoms with E-state index in [4.69, 9.17) is 25.8 Å². The molecule has 3 aromatic heterocycles. The Bertz CT molecular complexity index is 1390. The van der Waals surface area contributed by atoms with E-state index in [2.05, 4.69) is 30.2 Å². The number of anilines is 1. The molecule has 4 heterocycles. The van der Waals surface area contributed by atoms with Gasteiger partial charge in [-0.15, -0.1) is 10.2 Å². The van der Waals surface area contributed by atoms with Gasteiger partial charge >= 0.3 is 0 Å². The molecule has 0 bridgehead atoms. The van der Waals surface area contributed by atoms with E-state index in [1.165, 1.54) is 39.0 Å². The number of rotatable bonds is 10. The number of hydrogen-bond donors (Lipinski definition) is 2. The molecule has 196 valence electrons. The van der Waals surface area contributed by atoms with Gasteiger partial charge in [0.25, 0.3) is 0 Å². The highest BCUT2D eigenvalue weighted by Crippen LogP contribution is 2.32. The highest BCUT2D eigenvalue weighted by atomic mass is 35.5. The summed E-state index contributed by atoms with van der Waals surface area (Å²) < 4.78 is 47.9. The molecule has 2 N–H and O–H groups in total. The van der Waals surface area contributed by atoms with Crippen LogP contribution in [0, 0.1) is 0 Å². The molecule has 12 nitrogen and oxygen atoms in total. The summed E-state index contributed by atoms with van der Waals surface area (Å²) in [6, 6.07) is 6.75. The molecule has 37 heavy (non-hydrogen) atoms. The van der Waals surface area contributed by atoms with E-state index >= 15 is 0 Å². The monoisotopic (exact) mass is 547 g/mol. The molecule has 14 heteroatoms. The summed E-state index contributed by atoms with van der Waals surface area (Å²) in [6.45, 7) is 1.51. The standard InChI is InChI=1S/C23H26ClN7O5S/c1-14(20(35-3)17-8-7-16(24)13-27-17)37(32,33)30-23-29-28-21(15-6-5-10-25-12-15)31(23)19-18(34-2)9-11-26-22(19)36-4/h5-14,20,22,26H,1-4H3,(H,29,30)/t14-,20-,22?/m1/s1. The van der Waals surface area contributed by atoms with Gasteiger partial charge in [-0.2, -0.15) is 0 Å². The maximum absolute atomic E-state index is 13.6. The van der Waals surface area contributed by atoms with Gasteiger partial charge in [0.2, 0.25) is 16.0 Å². The van der Waals surface area contributed by atoms with Crippen LogP contribution in [0.2, 0.25) is 5.02 Å². The van der Waals surface area contributed by atoms with Gasteiger partial charge in [0.1, 0.15) is 22.8 Å². The Balaban J connectivity index is 1.80. The van der Waals surface area contributed by atoms with Gasteiger partial charge in [0, 0.05) is 44.6 Å². The number of halogens is 1. The average Bonchev–Trinajstić information content (AvgIpc) is 3.32. The lowest BCUT2D eigenvalue weighted by atomic mass is 10.2. The minimum atomic E-state index is -4.09. The van der Waals surface area contributed by atoms with Crippen LogP contribution >= 0.6 is 11.6 Å². The molecule has 0 spiro atoms. The number of pyridine rings is 2. The second-order valence-electron chi connectivity index (χ2n) is 7.90. The minimum absolute atomic E-state index is 0.0756. The maximum Gasteiger partial charge on any atom is 0.243 e. The van der Waals surface area contributed by atoms with Crippen molar-refractivity contribution in [2.24, 2.45) is 0 Å². The third-order valence-corrected chi connectivity index (χ3v) is 7.62. The van der Waals surface area contributed by atoms with Crippen molar-refractivity contribution in [3.8, 4) is 11.4 Å². The maximum atomic E-state index is 13.6. The molecule has 0 radical (unpaired) electrons. The summed E-state index contributed by atoms with van der Waals surface area (Å²) >= 11 is 5.94. The number of methoxy groups -OCH3 is 3. The Hall–Kier alpha value is -3.52. The Morgan fingerprint density at radius 1 is 1.16 bits per heavy atom. The number of dihydropyridines is 1. The summed E-state index contributed by atoms with van der Waals surface area (Å²) in [4.78, 5) is 8.37. The Kier molecular flexibility index (Phi) is 8.07. The number of aromatic nitrogens is 5. The molecule has 0 saturated carbocycles. The van der Waals surface area contributed by atoms with Gasteiger partial charge in [-0.1, -0.05) is 11.6 Å². The molecule has 1 aliphatic rings. The van der Waals surface area contributed by atoms with Crippen LogP contribution in [-0.2, 0) is 24.2 Å². The van der Waals surface area contributed by atoms with Crippen LogP contribution in [0.25, 0.3) is 17.1 Å². The largest absolute Gasteiger partial charge is 0.495 e. The zero-order chi connectivity index (χ0) is 26.6. The molecule has 0 saturated heterocycles. The number of hydrogen-bond acceptors (Lipinski definition) is 10. The summed E-state index contributed by atoms with van der Waals surface area (Å²) in [7, 11) is 0.327. The predicted molar refractivity (Wildman–Crippen MR) is 138 cm³/mol. The van der Waals surface area contributed by atoms with Crippen LogP contribution in [0.1, 0.15) is 18.7 Å². The number of nitrogens with one attached hydrogen (secondary N) is 2. The van der Waals surface area contributed by atoms with Gasteiger partial charge in [-0.05, 0) is 37.3 Å². The highest BCUT2D eigenvalue weighted by Gasteiger charge is 2.35. The number of sulfonamides is 1. The number of allylic oxidation sites excluding steroid dienone is 1. The Morgan fingerprint density at radius 3 is 2.59 bits per heavy atom. The molecule has 0 aromatic carbocycles. The fraction of sp³-hybridized carbons (Fsp3) is 0.304. The second-order valence-corrected chi connectivity index (χ2v) is 10.4. The fourth-order valence-electron chi connectivity index (χ4n) is 3.84. The molecule has 1 aliphatic heterocycles. The van der Waals surface area contributed by atoms with Crippen LogP contribution in [0.4, 0.5) is 5.95 Å². The van der Waals surface area contributed by atoms with Crippen LogP contribution in [0.15, 0.2) is 60.9 Å². The van der Waals surface area contributed by atoms with Crippen molar-refractivity contribution in [3.63, 3.8) is 0 Å². The van der Waals surface area contributed by atoms with Crippen molar-refractivity contribution in [3.05, 3.63) is 71.6 Å². The first-order valence-corrected chi connectivity index (χ1v) is 13.0. The van der Waals surface area contributed by atoms with Gasteiger partial charge in [0.05, 0.1) is 17.8 Å². The first kappa shape index (κ1) is 26.5. The molecular formula is C23H26ClN7O5S. The van der Waals surface area contributed by atoms with E-state index in [1.807, 2.05) is 0 Å². The normalized spacial score (nSPS) is 17.3. The summed E-state index contributed by atoms with van der Waals surface area (Å²) in [5.74, 6) is 0.669. The SMILES string of the molecule is COC1=C(n2c(NS(=O)(=O)[C@H](C)[C@@H](OC)c3ccc(Cl)cn3)nnc2-c2cccnc2)C(OC)NC=C1. The van der Waals surface area contributed by atoms with Crippen molar-refractivity contribution >= 4 is 33.3 Å². The van der Waals surface area contributed by atoms with E-state index in [-0.39, 0.29) is 5.95 Å². The molecule has 3 aromatic rings. The quantitative estimate of drug-likeness (QED) is 0.389. The second kappa shape index (κ2) is 11.3. The van der Waals surface area contributed by atoms with E-state index in [1.54, 1.807) is 48.9 Å². The molecule has 3 atom stereocenters. The number of nitrogens with zero attached hydrogens (tertiary/aromatic N) is 5. The van der Waals surface area contributed by atoms with E-state index in [0.29, 0.717) is 33.6 Å². The third kappa shape index (κ3) is 5.44. The predicted octanol–water partition coefficient (Wildman–Crippen LogP) is 2.81. The van der Waals surface area contributed by atoms with Crippen molar-refractivity contribution < 1.29 is 22.6 Å². The lowest BCUT2D eigenvalue weighted by Crippen LogP contribution is -2.36. The lowest BCUT2D eigenvalue weighted by Gasteiger charge is -2.27. The molecule has 0 fully saturated rings. The molecule has 1 unspecified atom stereocenters. The van der Waals surface area contributed by atoms with Gasteiger partial charge in [-0.3, -0.25) is 19.3 Å². The lowest BCUT2D eigenvalue weighted by molar-refractivity contribution is 0.0989. The minimum Gasteiger partial charge on any atom is -0.495 e. The van der Waals surface area contributed by atoms with Crippen LogP contribution in [0.5, 0.6) is 0 Å². The summed E-state index contributed by atoms with van der Waals surface area (Å²) in [6.07, 6.45) is 6.41. The Labute approximate surface area is 219 Å². The summed E-state index contributed by atoms with van der Waals surface area (Å²) in [5, 5.41) is 10.9. The van der Waals surface area contributed by atoms with E-state index < -0.39 is 27.6 Å². The first-order valence-electron chi connectivity index (χ1n) is 11.1. The topological polar surface area (TPSA) is 142 Å². The third-order valence-electron chi connectivity index (χ3n) is 5.71. The molecule has 0 aliphatic carbocycles. The van der Waals surface area contributed by atoms with Crippen LogP contribution in [-0.4, -0.2) is 66.0 Å². The van der Waals surface area contributed by atoms with Gasteiger partial charge < -0.3 is 19.5 Å². The zero-order valence-electron chi connectivity index (χ0n) is 20.5. The molecule has 4 rings (SSSR count). The van der Waals surface area contributed by atoms with Crippen molar-refractivity contribution in [2.75, 3.05) is 26.1 Å². The van der Waals surface area contributed by atoms with Gasteiger partial charge in [-0.25, -0.2) is 8.42 Å². The van der Waals surface area contributed by atoms with Crippen molar-refractivity contribution in [1.29, 1.82) is 0 Å². The highest BCUT2D eigenvalue weighted by molar-refractivity contribution is 7.93. The molecule has 0 amide bonds. The van der Waals surface area contributed by atoms with E-state index in [9.17, 15) is 8.42 Å². The van der Waals surface area contributed by atoms with Crippen molar-refractivity contribution in [2.45, 2.75) is 24.5 Å². The smallest absolute Gasteiger partial charge is 0.243 e. The Morgan fingerprint density at radius 2 is 1.97 bits per heavy atom. The summed E-state index contributed by atoms with van der Waals surface area (Å²) in [5.41, 5.74) is 1.44. The fourth-order valence-corrected chi connectivity index (χ4v) is 5.10. The van der Waals surface area contributed by atoms with Crippen LogP contribution < -0.4 is 10.0 Å². The zero-order valence-corrected chi connectivity index (χ0v) is 22.1. The van der Waals surface area contributed by atoms with Crippen molar-refractivity contribution in [1.82, 2.24) is 30.0 Å². The molecular weight excluding hydrogens is 522 g/mol. The van der Waals surface area contributed by atoms with E-state index in [0.717, 1.165) is 0 Å². The van der Waals surface area contributed by atoms with Crippen LogP contribution in [0.3, 0.4) is 0 Å². The average molecular weight is 548 g/mol.